The highest BCUT2D eigenvalue weighted by atomic mass is 32.2. The van der Waals surface area contributed by atoms with Gasteiger partial charge in [0.25, 0.3) is 0 Å². The monoisotopic (exact) mass is 302 g/mol. The Kier molecular flexibility index (Phi) is 3.43. The minimum absolute atomic E-state index is 0.0423. The van der Waals surface area contributed by atoms with Crippen LogP contribution < -0.4 is 20.1 Å². The van der Waals surface area contributed by atoms with E-state index in [-0.39, 0.29) is 23.4 Å². The zero-order valence-corrected chi connectivity index (χ0v) is 11.1. The predicted octanol–water partition coefficient (Wildman–Crippen LogP) is 1.65. The third-order valence-corrected chi connectivity index (χ3v) is 3.97. The Morgan fingerprint density at radius 3 is 2.95 bits per heavy atom. The highest BCUT2D eigenvalue weighted by Gasteiger charge is 2.43. The van der Waals surface area contributed by atoms with Gasteiger partial charge in [0.2, 0.25) is 5.91 Å². The van der Waals surface area contributed by atoms with Crippen LogP contribution in [-0.4, -0.2) is 36.3 Å². The maximum absolute atomic E-state index is 12.9. The van der Waals surface area contributed by atoms with Crippen LogP contribution in [0, 0.1) is 0 Å². The van der Waals surface area contributed by atoms with E-state index in [4.69, 9.17) is 0 Å². The number of carbonyl (C=O) groups excluding carboxylic acids is 1. The van der Waals surface area contributed by atoms with Crippen LogP contribution in [0.3, 0.4) is 0 Å². The summed E-state index contributed by atoms with van der Waals surface area (Å²) in [5.41, 5.74) is 0.396. The van der Waals surface area contributed by atoms with Gasteiger partial charge in [-0.15, -0.1) is 8.78 Å². The Labute approximate surface area is 118 Å². The molecule has 0 bridgehead atoms. The van der Waals surface area contributed by atoms with Crippen molar-refractivity contribution in [2.75, 3.05) is 23.4 Å². The van der Waals surface area contributed by atoms with E-state index in [1.165, 1.54) is 18.2 Å². The molecule has 1 amide bonds. The average Bonchev–Trinajstić information content (AvgIpc) is 2.73. The minimum Gasteiger partial charge on any atom is -0.395 e. The Morgan fingerprint density at radius 1 is 1.40 bits per heavy atom. The minimum atomic E-state index is -3.65. The number of nitrogens with one attached hydrogen (secondary N) is 2. The zero-order valence-electron chi connectivity index (χ0n) is 10.3. The number of anilines is 1. The van der Waals surface area contributed by atoms with Gasteiger partial charge in [-0.25, -0.2) is 0 Å². The van der Waals surface area contributed by atoms with Crippen molar-refractivity contribution in [3.05, 3.63) is 18.2 Å². The van der Waals surface area contributed by atoms with E-state index in [0.29, 0.717) is 11.4 Å². The molecule has 2 aliphatic rings. The summed E-state index contributed by atoms with van der Waals surface area (Å²) in [6.45, 7) is 0.774. The first kappa shape index (κ1) is 13.4. The van der Waals surface area contributed by atoms with E-state index >= 15 is 0 Å². The first-order chi connectivity index (χ1) is 9.53. The van der Waals surface area contributed by atoms with Gasteiger partial charge < -0.3 is 20.1 Å². The molecule has 2 aliphatic heterocycles. The molecule has 1 saturated heterocycles. The second kappa shape index (κ2) is 5.10. The number of thioether (sulfide) groups is 1. The van der Waals surface area contributed by atoms with Crippen molar-refractivity contribution >= 4 is 23.4 Å². The number of ether oxygens (including phenoxy) is 2. The Morgan fingerprint density at radius 2 is 2.20 bits per heavy atom. The Balaban J connectivity index is 1.68. The summed E-state index contributed by atoms with van der Waals surface area (Å²) in [4.78, 5) is 12.0. The molecule has 3 rings (SSSR count). The molecular formula is C12H12F2N2O3S. The molecule has 0 radical (unpaired) electrons. The number of carbonyl (C=O) groups is 1. The summed E-state index contributed by atoms with van der Waals surface area (Å²) in [5, 5.41) is 5.77. The standard InChI is InChI=1S/C12H12F2N2O3S/c13-12(14)18-9-2-1-7(5-10(9)19-12)16-11(17)8-6-20-4-3-15-8/h1-2,5,8,15H,3-4,6H2,(H,16,17). The van der Waals surface area contributed by atoms with Crippen LogP contribution >= 0.6 is 11.8 Å². The number of rotatable bonds is 2. The Bertz CT molecular complexity index is 535. The van der Waals surface area contributed by atoms with E-state index in [2.05, 4.69) is 20.1 Å². The van der Waals surface area contributed by atoms with Gasteiger partial charge >= 0.3 is 6.29 Å². The molecular weight excluding hydrogens is 290 g/mol. The molecule has 1 atom stereocenters. The van der Waals surface area contributed by atoms with Crippen LogP contribution in [0.5, 0.6) is 11.5 Å². The molecule has 5 nitrogen and oxygen atoms in total. The molecule has 0 aromatic heterocycles. The average molecular weight is 302 g/mol. The van der Waals surface area contributed by atoms with Gasteiger partial charge in [-0.2, -0.15) is 11.8 Å². The normalized spacial score (nSPS) is 23.4. The SMILES string of the molecule is O=C(Nc1ccc2c(c1)OC(F)(F)O2)C1CSCCN1. The van der Waals surface area contributed by atoms with Crippen LogP contribution in [0.25, 0.3) is 0 Å². The number of amides is 1. The van der Waals surface area contributed by atoms with E-state index in [9.17, 15) is 13.6 Å². The quantitative estimate of drug-likeness (QED) is 0.870. The molecule has 2 heterocycles. The van der Waals surface area contributed by atoms with E-state index in [1.54, 1.807) is 11.8 Å². The molecule has 8 heteroatoms. The van der Waals surface area contributed by atoms with E-state index in [0.717, 1.165) is 12.3 Å². The molecule has 0 spiro atoms. The second-order valence-electron chi connectivity index (χ2n) is 4.40. The lowest BCUT2D eigenvalue weighted by atomic mass is 10.2. The van der Waals surface area contributed by atoms with Gasteiger partial charge in [0.1, 0.15) is 0 Å². The summed E-state index contributed by atoms with van der Waals surface area (Å²) in [6, 6.07) is 3.89. The first-order valence-corrected chi connectivity index (χ1v) is 7.21. The van der Waals surface area contributed by atoms with Crippen molar-refractivity contribution in [3.63, 3.8) is 0 Å². The highest BCUT2D eigenvalue weighted by Crippen LogP contribution is 2.42. The smallest absolute Gasteiger partial charge is 0.395 e. The van der Waals surface area contributed by atoms with E-state index < -0.39 is 6.29 Å². The third kappa shape index (κ3) is 2.80. The van der Waals surface area contributed by atoms with Crippen molar-refractivity contribution < 1.29 is 23.0 Å². The molecule has 1 unspecified atom stereocenters. The van der Waals surface area contributed by atoms with Crippen molar-refractivity contribution in [2.45, 2.75) is 12.3 Å². The summed E-state index contributed by atoms with van der Waals surface area (Å²) < 4.78 is 34.4. The van der Waals surface area contributed by atoms with Crippen LogP contribution in [0.15, 0.2) is 18.2 Å². The summed E-state index contributed by atoms with van der Waals surface area (Å²) in [7, 11) is 0. The number of fused-ring (bicyclic) bond motifs is 1. The summed E-state index contributed by atoms with van der Waals surface area (Å²) in [5.74, 6) is 1.35. The first-order valence-electron chi connectivity index (χ1n) is 6.05. The molecule has 20 heavy (non-hydrogen) atoms. The predicted molar refractivity (Wildman–Crippen MR) is 70.4 cm³/mol. The lowest BCUT2D eigenvalue weighted by Gasteiger charge is -2.22. The fourth-order valence-electron chi connectivity index (χ4n) is 1.99. The molecule has 0 saturated carbocycles. The molecule has 1 aromatic rings. The van der Waals surface area contributed by atoms with Crippen molar-refractivity contribution in [1.82, 2.24) is 5.32 Å². The molecule has 108 valence electrons. The van der Waals surface area contributed by atoms with Gasteiger partial charge in [-0.05, 0) is 12.1 Å². The fourth-order valence-corrected chi connectivity index (χ4v) is 2.92. The molecule has 1 fully saturated rings. The van der Waals surface area contributed by atoms with Gasteiger partial charge in [0, 0.05) is 29.8 Å². The fraction of sp³-hybridized carbons (Fsp3) is 0.417. The number of hydrogen-bond acceptors (Lipinski definition) is 5. The number of alkyl halides is 2. The topological polar surface area (TPSA) is 59.6 Å². The third-order valence-electron chi connectivity index (χ3n) is 2.91. The maximum Gasteiger partial charge on any atom is 0.586 e. The lowest BCUT2D eigenvalue weighted by molar-refractivity contribution is -0.286. The zero-order chi connectivity index (χ0) is 14.2. The lowest BCUT2D eigenvalue weighted by Crippen LogP contribution is -2.46. The Hall–Kier alpha value is -1.54. The van der Waals surface area contributed by atoms with Gasteiger partial charge in [0.15, 0.2) is 11.5 Å². The van der Waals surface area contributed by atoms with Crippen molar-refractivity contribution in [2.24, 2.45) is 0 Å². The van der Waals surface area contributed by atoms with Crippen molar-refractivity contribution in [1.29, 1.82) is 0 Å². The van der Waals surface area contributed by atoms with Crippen LogP contribution in [0.2, 0.25) is 0 Å². The summed E-state index contributed by atoms with van der Waals surface area (Å²) in [6.07, 6.45) is -3.65. The molecule has 2 N–H and O–H groups in total. The number of benzene rings is 1. The number of hydrogen-bond donors (Lipinski definition) is 2. The van der Waals surface area contributed by atoms with Crippen molar-refractivity contribution in [3.8, 4) is 11.5 Å². The highest BCUT2D eigenvalue weighted by molar-refractivity contribution is 7.99. The van der Waals surface area contributed by atoms with Crippen LogP contribution in [0.1, 0.15) is 0 Å². The number of halogens is 2. The molecule has 1 aromatic carbocycles. The van der Waals surface area contributed by atoms with Crippen LogP contribution in [0.4, 0.5) is 14.5 Å². The molecule has 0 aliphatic carbocycles. The van der Waals surface area contributed by atoms with E-state index in [1.807, 2.05) is 0 Å². The van der Waals surface area contributed by atoms with Crippen LogP contribution in [-0.2, 0) is 4.79 Å². The van der Waals surface area contributed by atoms with Gasteiger partial charge in [-0.3, -0.25) is 4.79 Å². The maximum atomic E-state index is 12.9. The summed E-state index contributed by atoms with van der Waals surface area (Å²) >= 11 is 1.69. The second-order valence-corrected chi connectivity index (χ2v) is 5.55. The largest absolute Gasteiger partial charge is 0.586 e. The van der Waals surface area contributed by atoms with Gasteiger partial charge in [0.05, 0.1) is 6.04 Å². The van der Waals surface area contributed by atoms with Gasteiger partial charge in [-0.1, -0.05) is 0 Å².